The van der Waals surface area contributed by atoms with Crippen molar-refractivity contribution in [1.82, 2.24) is 0 Å². The van der Waals surface area contributed by atoms with Crippen LogP contribution in [-0.2, 0) is 4.79 Å². The lowest BCUT2D eigenvalue weighted by molar-refractivity contribution is -0.139. The summed E-state index contributed by atoms with van der Waals surface area (Å²) >= 11 is 0. The molecule has 0 atom stereocenters. The van der Waals surface area contributed by atoms with Gasteiger partial charge in [-0.2, -0.15) is 0 Å². The maximum absolute atomic E-state index is 10.6. The fourth-order valence-corrected chi connectivity index (χ4v) is 2.12. The lowest BCUT2D eigenvalue weighted by Crippen LogP contribution is -2.10. The second-order valence-corrected chi connectivity index (χ2v) is 5.14. The summed E-state index contributed by atoms with van der Waals surface area (Å²) in [6.45, 7) is 3.65. The number of hydrogen-bond acceptors (Lipinski definition) is 4. The monoisotopic (exact) mass is 313 g/mol. The number of benzene rings is 2. The molecule has 0 aliphatic rings. The zero-order valence-corrected chi connectivity index (χ0v) is 13.4. The molecule has 23 heavy (non-hydrogen) atoms. The molecule has 0 aliphatic heterocycles. The van der Waals surface area contributed by atoms with Crippen molar-refractivity contribution in [3.63, 3.8) is 0 Å². The van der Waals surface area contributed by atoms with Crippen molar-refractivity contribution in [3.05, 3.63) is 53.1 Å². The van der Waals surface area contributed by atoms with Gasteiger partial charge in [-0.05, 0) is 49.2 Å². The van der Waals surface area contributed by atoms with Crippen LogP contribution in [-0.4, -0.2) is 31.0 Å². The maximum Gasteiger partial charge on any atom is 0.341 e. The lowest BCUT2D eigenvalue weighted by atomic mass is 10.1. The Kier molecular flexibility index (Phi) is 5.36. The molecule has 0 spiro atoms. The van der Waals surface area contributed by atoms with Crippen LogP contribution in [0.25, 0.3) is 0 Å². The smallest absolute Gasteiger partial charge is 0.341 e. The Morgan fingerprint density at radius 1 is 1.17 bits per heavy atom. The van der Waals surface area contributed by atoms with Gasteiger partial charge in [-0.15, -0.1) is 0 Å². The van der Waals surface area contributed by atoms with Crippen LogP contribution in [0.15, 0.2) is 41.4 Å². The van der Waals surface area contributed by atoms with Crippen LogP contribution in [0.3, 0.4) is 0 Å². The SMILES string of the molecule is COc1cc(C=Nc2ccc(C)cc2C)ccc1OCC(=O)O. The van der Waals surface area contributed by atoms with E-state index in [1.165, 1.54) is 12.7 Å². The van der Waals surface area contributed by atoms with Crippen molar-refractivity contribution >= 4 is 17.9 Å². The van der Waals surface area contributed by atoms with E-state index in [0.29, 0.717) is 11.5 Å². The number of carboxylic acids is 1. The molecule has 120 valence electrons. The number of aliphatic imine (C=N–C) groups is 1. The van der Waals surface area contributed by atoms with Gasteiger partial charge in [0.2, 0.25) is 0 Å². The van der Waals surface area contributed by atoms with E-state index in [-0.39, 0.29) is 0 Å². The zero-order chi connectivity index (χ0) is 16.8. The van der Waals surface area contributed by atoms with Crippen molar-refractivity contribution in [2.75, 3.05) is 13.7 Å². The van der Waals surface area contributed by atoms with Crippen molar-refractivity contribution in [3.8, 4) is 11.5 Å². The van der Waals surface area contributed by atoms with E-state index in [0.717, 1.165) is 16.8 Å². The highest BCUT2D eigenvalue weighted by Crippen LogP contribution is 2.28. The molecule has 0 radical (unpaired) electrons. The molecule has 0 amide bonds. The number of aliphatic carboxylic acids is 1. The lowest BCUT2D eigenvalue weighted by Gasteiger charge is -2.09. The van der Waals surface area contributed by atoms with E-state index in [1.807, 2.05) is 26.0 Å². The van der Waals surface area contributed by atoms with Gasteiger partial charge < -0.3 is 14.6 Å². The third-order valence-electron chi connectivity index (χ3n) is 3.24. The van der Waals surface area contributed by atoms with Gasteiger partial charge in [0.05, 0.1) is 12.8 Å². The Hall–Kier alpha value is -2.82. The summed E-state index contributed by atoms with van der Waals surface area (Å²) in [5.74, 6) is -0.179. The van der Waals surface area contributed by atoms with Gasteiger partial charge in [0, 0.05) is 6.21 Å². The van der Waals surface area contributed by atoms with E-state index >= 15 is 0 Å². The maximum atomic E-state index is 10.6. The Labute approximate surface area is 135 Å². The summed E-state index contributed by atoms with van der Waals surface area (Å²) in [6.07, 6.45) is 1.74. The second-order valence-electron chi connectivity index (χ2n) is 5.14. The average molecular weight is 313 g/mol. The minimum Gasteiger partial charge on any atom is -0.493 e. The molecule has 2 aromatic rings. The Balaban J connectivity index is 2.20. The first-order chi connectivity index (χ1) is 11.0. The van der Waals surface area contributed by atoms with Crippen LogP contribution in [0.4, 0.5) is 5.69 Å². The minimum absolute atomic E-state index is 0.388. The number of ether oxygens (including phenoxy) is 2. The number of rotatable bonds is 6. The average Bonchev–Trinajstić information content (AvgIpc) is 2.52. The zero-order valence-electron chi connectivity index (χ0n) is 13.4. The van der Waals surface area contributed by atoms with Crippen LogP contribution in [0, 0.1) is 13.8 Å². The quantitative estimate of drug-likeness (QED) is 0.828. The van der Waals surface area contributed by atoms with Crippen molar-refractivity contribution in [2.45, 2.75) is 13.8 Å². The molecule has 0 aromatic heterocycles. The fourth-order valence-electron chi connectivity index (χ4n) is 2.12. The van der Waals surface area contributed by atoms with Crippen LogP contribution in [0.2, 0.25) is 0 Å². The van der Waals surface area contributed by atoms with E-state index < -0.39 is 12.6 Å². The highest BCUT2D eigenvalue weighted by atomic mass is 16.5. The molecule has 2 rings (SSSR count). The Morgan fingerprint density at radius 3 is 2.61 bits per heavy atom. The predicted molar refractivity (Wildman–Crippen MR) is 89.3 cm³/mol. The molecule has 0 unspecified atom stereocenters. The second kappa shape index (κ2) is 7.45. The first kappa shape index (κ1) is 16.5. The molecule has 0 bridgehead atoms. The molecule has 0 aliphatic carbocycles. The largest absolute Gasteiger partial charge is 0.493 e. The number of nitrogens with zero attached hydrogens (tertiary/aromatic N) is 1. The third kappa shape index (κ3) is 4.57. The Bertz CT molecular complexity index is 738. The first-order valence-corrected chi connectivity index (χ1v) is 7.13. The highest BCUT2D eigenvalue weighted by Gasteiger charge is 2.07. The minimum atomic E-state index is -1.03. The standard InChI is InChI=1S/C18H19NO4/c1-12-4-6-15(13(2)8-12)19-10-14-5-7-16(17(9-14)22-3)23-11-18(20)21/h4-10H,11H2,1-3H3,(H,20,21). The summed E-state index contributed by atoms with van der Waals surface area (Å²) in [5.41, 5.74) is 4.04. The van der Waals surface area contributed by atoms with Gasteiger partial charge in [0.1, 0.15) is 0 Å². The van der Waals surface area contributed by atoms with Crippen LogP contribution >= 0.6 is 0 Å². The third-order valence-corrected chi connectivity index (χ3v) is 3.24. The number of aryl methyl sites for hydroxylation is 2. The molecular formula is C18H19NO4. The summed E-state index contributed by atoms with van der Waals surface area (Å²) in [4.78, 5) is 15.0. The molecule has 0 heterocycles. The van der Waals surface area contributed by atoms with Gasteiger partial charge in [-0.1, -0.05) is 17.7 Å². The topological polar surface area (TPSA) is 68.1 Å². The van der Waals surface area contributed by atoms with Crippen molar-refractivity contribution < 1.29 is 19.4 Å². The van der Waals surface area contributed by atoms with E-state index in [9.17, 15) is 4.79 Å². The first-order valence-electron chi connectivity index (χ1n) is 7.13. The van der Waals surface area contributed by atoms with Gasteiger partial charge in [0.15, 0.2) is 18.1 Å². The van der Waals surface area contributed by atoms with Crippen LogP contribution in [0.1, 0.15) is 16.7 Å². The van der Waals surface area contributed by atoms with Crippen LogP contribution in [0.5, 0.6) is 11.5 Å². The number of methoxy groups -OCH3 is 1. The van der Waals surface area contributed by atoms with Gasteiger partial charge in [-0.3, -0.25) is 4.99 Å². The Morgan fingerprint density at radius 2 is 1.96 bits per heavy atom. The van der Waals surface area contributed by atoms with E-state index in [1.54, 1.807) is 24.4 Å². The molecular weight excluding hydrogens is 294 g/mol. The summed E-state index contributed by atoms with van der Waals surface area (Å²) < 4.78 is 10.4. The number of carboxylic acid groups (broad SMARTS) is 1. The summed E-state index contributed by atoms with van der Waals surface area (Å²) in [7, 11) is 1.51. The summed E-state index contributed by atoms with van der Waals surface area (Å²) in [6, 6.07) is 11.3. The molecule has 0 saturated heterocycles. The molecule has 1 N–H and O–H groups in total. The molecule has 5 heteroatoms. The van der Waals surface area contributed by atoms with E-state index in [2.05, 4.69) is 11.1 Å². The van der Waals surface area contributed by atoms with Gasteiger partial charge >= 0.3 is 5.97 Å². The fraction of sp³-hybridized carbons (Fsp3) is 0.222. The van der Waals surface area contributed by atoms with Gasteiger partial charge in [0.25, 0.3) is 0 Å². The van der Waals surface area contributed by atoms with E-state index in [4.69, 9.17) is 14.6 Å². The number of hydrogen-bond donors (Lipinski definition) is 1. The van der Waals surface area contributed by atoms with Gasteiger partial charge in [-0.25, -0.2) is 4.79 Å². The van der Waals surface area contributed by atoms with Crippen molar-refractivity contribution in [1.29, 1.82) is 0 Å². The molecule has 0 fully saturated rings. The highest BCUT2D eigenvalue weighted by molar-refractivity contribution is 5.83. The molecule has 2 aromatic carbocycles. The predicted octanol–water partition coefficient (Wildman–Crippen LogP) is 3.53. The molecule has 5 nitrogen and oxygen atoms in total. The molecule has 0 saturated carbocycles. The van der Waals surface area contributed by atoms with Crippen LogP contribution < -0.4 is 9.47 Å². The normalized spacial score (nSPS) is 10.7. The van der Waals surface area contributed by atoms with Crippen molar-refractivity contribution in [2.24, 2.45) is 4.99 Å². The summed E-state index contributed by atoms with van der Waals surface area (Å²) in [5, 5.41) is 8.66. The number of carbonyl (C=O) groups is 1.